The molecule has 96 valence electrons. The van der Waals surface area contributed by atoms with Crippen LogP contribution in [-0.2, 0) is 6.42 Å². The molecule has 0 radical (unpaired) electrons. The van der Waals surface area contributed by atoms with Gasteiger partial charge in [0.05, 0.1) is 3.79 Å². The van der Waals surface area contributed by atoms with Crippen LogP contribution in [0.5, 0.6) is 0 Å². The van der Waals surface area contributed by atoms with Crippen LogP contribution in [0.15, 0.2) is 28.1 Å². The Labute approximate surface area is 116 Å². The molecule has 0 unspecified atom stereocenters. The third kappa shape index (κ3) is 3.20. The average Bonchev–Trinajstić information content (AvgIpc) is 2.68. The lowest BCUT2D eigenvalue weighted by atomic mass is 10.2. The Balaban J connectivity index is 1.98. The number of nitrogens with two attached hydrogens (primary N) is 1. The van der Waals surface area contributed by atoms with E-state index in [4.69, 9.17) is 5.73 Å². The predicted octanol–water partition coefficient (Wildman–Crippen LogP) is 4.03. The first kappa shape index (κ1) is 13.3. The number of halogens is 3. The molecule has 0 saturated carbocycles. The molecule has 0 saturated heterocycles. The maximum Gasteiger partial charge on any atom is 0.151 e. The Bertz CT molecular complexity index is 534. The van der Waals surface area contributed by atoms with Crippen LogP contribution in [0.2, 0.25) is 0 Å². The van der Waals surface area contributed by atoms with Crippen molar-refractivity contribution in [3.8, 4) is 0 Å². The molecular formula is C12H11BrF2N2S. The first-order valence-corrected chi connectivity index (χ1v) is 6.90. The second-order valence-electron chi connectivity index (χ2n) is 3.74. The summed E-state index contributed by atoms with van der Waals surface area (Å²) in [5, 5.41) is 2.75. The van der Waals surface area contributed by atoms with Gasteiger partial charge in [-0.15, -0.1) is 11.3 Å². The summed E-state index contributed by atoms with van der Waals surface area (Å²) in [5.74, 6) is -1.33. The Morgan fingerprint density at radius 2 is 1.89 bits per heavy atom. The lowest BCUT2D eigenvalue weighted by Gasteiger charge is -2.08. The molecular weight excluding hydrogens is 322 g/mol. The van der Waals surface area contributed by atoms with Crippen molar-refractivity contribution < 1.29 is 8.78 Å². The third-order valence-corrected chi connectivity index (χ3v) is 4.05. The zero-order valence-electron chi connectivity index (χ0n) is 9.34. The largest absolute Gasteiger partial charge is 0.399 e. The summed E-state index contributed by atoms with van der Waals surface area (Å²) in [7, 11) is 0. The summed E-state index contributed by atoms with van der Waals surface area (Å²) in [6.45, 7) is 0.463. The standard InChI is InChI=1S/C12H11BrF2N2S/c13-11-2-1-8(18-11)3-4-17-12-9(14)5-7(16)6-10(12)15/h1-2,5-6,17H,3-4,16H2. The van der Waals surface area contributed by atoms with E-state index < -0.39 is 11.6 Å². The van der Waals surface area contributed by atoms with E-state index in [1.54, 1.807) is 11.3 Å². The number of thiophene rings is 1. The van der Waals surface area contributed by atoms with Crippen molar-refractivity contribution in [2.75, 3.05) is 17.6 Å². The van der Waals surface area contributed by atoms with E-state index in [0.29, 0.717) is 13.0 Å². The monoisotopic (exact) mass is 332 g/mol. The number of benzene rings is 1. The first-order valence-electron chi connectivity index (χ1n) is 5.29. The number of nitrogens with one attached hydrogen (secondary N) is 1. The molecule has 0 fully saturated rings. The smallest absolute Gasteiger partial charge is 0.151 e. The van der Waals surface area contributed by atoms with Crippen molar-refractivity contribution >= 4 is 38.6 Å². The van der Waals surface area contributed by atoms with E-state index in [0.717, 1.165) is 20.8 Å². The molecule has 0 aliphatic heterocycles. The van der Waals surface area contributed by atoms with Gasteiger partial charge in [-0.25, -0.2) is 8.78 Å². The van der Waals surface area contributed by atoms with E-state index in [2.05, 4.69) is 21.2 Å². The van der Waals surface area contributed by atoms with E-state index in [-0.39, 0.29) is 11.4 Å². The number of hydrogen-bond acceptors (Lipinski definition) is 3. The van der Waals surface area contributed by atoms with Gasteiger partial charge in [0.1, 0.15) is 5.69 Å². The Morgan fingerprint density at radius 1 is 1.22 bits per heavy atom. The number of anilines is 2. The van der Waals surface area contributed by atoms with Crippen LogP contribution in [0.4, 0.5) is 20.2 Å². The average molecular weight is 333 g/mol. The molecule has 1 aromatic carbocycles. The zero-order chi connectivity index (χ0) is 13.1. The van der Waals surface area contributed by atoms with Gasteiger partial charge in [-0.05, 0) is 46.6 Å². The van der Waals surface area contributed by atoms with Gasteiger partial charge in [-0.2, -0.15) is 0 Å². The quantitative estimate of drug-likeness (QED) is 0.829. The maximum absolute atomic E-state index is 13.5. The molecule has 2 nitrogen and oxygen atoms in total. The molecule has 2 rings (SSSR count). The highest BCUT2D eigenvalue weighted by atomic mass is 79.9. The van der Waals surface area contributed by atoms with Crippen LogP contribution >= 0.6 is 27.3 Å². The molecule has 0 bridgehead atoms. The van der Waals surface area contributed by atoms with E-state index in [9.17, 15) is 8.78 Å². The molecule has 2 aromatic rings. The third-order valence-electron chi connectivity index (χ3n) is 2.37. The van der Waals surface area contributed by atoms with Crippen molar-refractivity contribution in [3.63, 3.8) is 0 Å². The molecule has 1 aromatic heterocycles. The second-order valence-corrected chi connectivity index (χ2v) is 6.29. The molecule has 1 heterocycles. The molecule has 0 aliphatic carbocycles. The van der Waals surface area contributed by atoms with Crippen molar-refractivity contribution in [2.45, 2.75) is 6.42 Å². The van der Waals surface area contributed by atoms with E-state index >= 15 is 0 Å². The van der Waals surface area contributed by atoms with E-state index in [1.807, 2.05) is 12.1 Å². The summed E-state index contributed by atoms with van der Waals surface area (Å²) in [4.78, 5) is 1.14. The summed E-state index contributed by atoms with van der Waals surface area (Å²) >= 11 is 4.97. The predicted molar refractivity (Wildman–Crippen MR) is 75.0 cm³/mol. The van der Waals surface area contributed by atoms with Crippen LogP contribution in [-0.4, -0.2) is 6.54 Å². The first-order chi connectivity index (χ1) is 8.56. The van der Waals surface area contributed by atoms with Crippen molar-refractivity contribution in [1.82, 2.24) is 0 Å². The van der Waals surface area contributed by atoms with E-state index in [1.165, 1.54) is 0 Å². The number of hydrogen-bond donors (Lipinski definition) is 2. The van der Waals surface area contributed by atoms with Gasteiger partial charge in [-0.3, -0.25) is 0 Å². The van der Waals surface area contributed by atoms with Gasteiger partial charge in [0.25, 0.3) is 0 Å². The fraction of sp³-hybridized carbons (Fsp3) is 0.167. The van der Waals surface area contributed by atoms with Gasteiger partial charge in [0.15, 0.2) is 11.6 Å². The molecule has 0 aliphatic rings. The molecule has 3 N–H and O–H groups in total. The van der Waals surface area contributed by atoms with Crippen molar-refractivity contribution in [3.05, 3.63) is 44.6 Å². The van der Waals surface area contributed by atoms with Crippen LogP contribution in [0, 0.1) is 11.6 Å². The molecule has 18 heavy (non-hydrogen) atoms. The SMILES string of the molecule is Nc1cc(F)c(NCCc2ccc(Br)s2)c(F)c1. The minimum Gasteiger partial charge on any atom is -0.399 e. The maximum atomic E-state index is 13.5. The summed E-state index contributed by atoms with van der Waals surface area (Å²) in [6.07, 6.45) is 0.708. The lowest BCUT2D eigenvalue weighted by Crippen LogP contribution is -2.08. The summed E-state index contributed by atoms with van der Waals surface area (Å²) in [6, 6.07) is 6.14. The highest BCUT2D eigenvalue weighted by Gasteiger charge is 2.09. The minimum atomic E-state index is -0.667. The zero-order valence-corrected chi connectivity index (χ0v) is 11.7. The van der Waals surface area contributed by atoms with Crippen LogP contribution < -0.4 is 11.1 Å². The number of nitrogen functional groups attached to an aromatic ring is 1. The Kier molecular flexibility index (Phi) is 4.19. The van der Waals surface area contributed by atoms with Crippen LogP contribution in [0.3, 0.4) is 0 Å². The van der Waals surface area contributed by atoms with Crippen LogP contribution in [0.25, 0.3) is 0 Å². The molecule has 6 heteroatoms. The Morgan fingerprint density at radius 3 is 2.44 bits per heavy atom. The molecule has 0 spiro atoms. The fourth-order valence-electron chi connectivity index (χ4n) is 1.56. The highest BCUT2D eigenvalue weighted by Crippen LogP contribution is 2.24. The minimum absolute atomic E-state index is 0.0812. The molecule has 0 amide bonds. The van der Waals surface area contributed by atoms with Gasteiger partial charge in [0.2, 0.25) is 0 Å². The normalized spacial score (nSPS) is 10.6. The van der Waals surface area contributed by atoms with Crippen molar-refractivity contribution in [2.24, 2.45) is 0 Å². The van der Waals surface area contributed by atoms with Crippen molar-refractivity contribution in [1.29, 1.82) is 0 Å². The fourth-order valence-corrected chi connectivity index (χ4v) is 3.04. The van der Waals surface area contributed by atoms with Gasteiger partial charge in [-0.1, -0.05) is 0 Å². The van der Waals surface area contributed by atoms with Gasteiger partial charge >= 0.3 is 0 Å². The summed E-state index contributed by atoms with van der Waals surface area (Å²) < 4.78 is 28.0. The second kappa shape index (κ2) is 5.67. The van der Waals surface area contributed by atoms with Gasteiger partial charge < -0.3 is 11.1 Å². The van der Waals surface area contributed by atoms with Crippen LogP contribution in [0.1, 0.15) is 4.88 Å². The lowest BCUT2D eigenvalue weighted by molar-refractivity contribution is 0.589. The number of rotatable bonds is 4. The molecule has 0 atom stereocenters. The highest BCUT2D eigenvalue weighted by molar-refractivity contribution is 9.11. The summed E-state index contributed by atoms with van der Waals surface area (Å²) in [5.41, 5.74) is 5.30. The Hall–Kier alpha value is -1.14. The topological polar surface area (TPSA) is 38.0 Å². The van der Waals surface area contributed by atoms with Gasteiger partial charge in [0, 0.05) is 17.1 Å².